The Labute approximate surface area is 152 Å². The van der Waals surface area contributed by atoms with Crippen LogP contribution in [0.3, 0.4) is 0 Å². The van der Waals surface area contributed by atoms with Gasteiger partial charge in [0.1, 0.15) is 11.5 Å². The number of halogens is 7. The Morgan fingerprint density at radius 2 is 1.20 bits per heavy atom. The Hall–Kier alpha value is -1.65. The van der Waals surface area contributed by atoms with Crippen molar-refractivity contribution in [1.82, 2.24) is 0 Å². The third-order valence-corrected chi connectivity index (χ3v) is 4.46. The van der Waals surface area contributed by atoms with E-state index in [9.17, 15) is 26.3 Å². The Kier molecular flexibility index (Phi) is 5.45. The number of hydrogen-bond acceptors (Lipinski definition) is 2. The molecule has 0 amide bonds. The molecule has 25 heavy (non-hydrogen) atoms. The van der Waals surface area contributed by atoms with Gasteiger partial charge in [-0.2, -0.15) is 26.3 Å². The van der Waals surface area contributed by atoms with Crippen LogP contribution in [-0.2, 0) is 12.4 Å². The summed E-state index contributed by atoms with van der Waals surface area (Å²) in [5.41, 5.74) is -2.95. The highest BCUT2D eigenvalue weighted by Gasteiger charge is 2.37. The van der Waals surface area contributed by atoms with Crippen LogP contribution >= 0.6 is 22.6 Å². The SMILES string of the molecule is COc1ccc(OC)c(-c2cc(C(F)(F)F)cc(C(F)(F)F)c2)c1I. The lowest BCUT2D eigenvalue weighted by atomic mass is 9.98. The van der Waals surface area contributed by atoms with Gasteiger partial charge in [-0.05, 0) is 58.5 Å². The molecule has 0 bridgehead atoms. The van der Waals surface area contributed by atoms with Crippen molar-refractivity contribution in [3.63, 3.8) is 0 Å². The summed E-state index contributed by atoms with van der Waals surface area (Å²) in [5, 5.41) is 0. The molecule has 0 aromatic heterocycles. The minimum atomic E-state index is -4.92. The van der Waals surface area contributed by atoms with Crippen LogP contribution < -0.4 is 9.47 Å². The second kappa shape index (κ2) is 6.93. The first-order chi connectivity index (χ1) is 11.5. The maximum Gasteiger partial charge on any atom is 0.416 e. The van der Waals surface area contributed by atoms with E-state index in [-0.39, 0.29) is 22.9 Å². The summed E-state index contributed by atoms with van der Waals surface area (Å²) in [6.07, 6.45) is -9.85. The van der Waals surface area contributed by atoms with Crippen molar-refractivity contribution in [2.24, 2.45) is 0 Å². The molecule has 136 valence electrons. The number of methoxy groups -OCH3 is 2. The maximum absolute atomic E-state index is 13.1. The quantitative estimate of drug-likeness (QED) is 0.399. The van der Waals surface area contributed by atoms with E-state index in [1.165, 1.54) is 26.4 Å². The zero-order chi connectivity index (χ0) is 19.0. The molecule has 0 radical (unpaired) electrons. The van der Waals surface area contributed by atoms with E-state index in [0.29, 0.717) is 21.5 Å². The number of hydrogen-bond donors (Lipinski definition) is 0. The van der Waals surface area contributed by atoms with E-state index >= 15 is 0 Å². The van der Waals surface area contributed by atoms with Gasteiger partial charge in [0.05, 0.1) is 28.9 Å². The van der Waals surface area contributed by atoms with E-state index in [1.807, 2.05) is 0 Å². The molecule has 0 aliphatic carbocycles. The highest BCUT2D eigenvalue weighted by Crippen LogP contribution is 2.44. The summed E-state index contributed by atoms with van der Waals surface area (Å²) in [5.74, 6) is 0.444. The predicted octanol–water partition coefficient (Wildman–Crippen LogP) is 6.01. The molecular weight excluding hydrogens is 465 g/mol. The van der Waals surface area contributed by atoms with Crippen LogP contribution in [-0.4, -0.2) is 14.2 Å². The standard InChI is InChI=1S/C16H11F6IO2/c1-24-11-3-4-12(25-2)14(23)13(11)8-5-9(15(17,18)19)7-10(6-8)16(20,21)22/h3-7H,1-2H3. The highest BCUT2D eigenvalue weighted by atomic mass is 127. The highest BCUT2D eigenvalue weighted by molar-refractivity contribution is 14.1. The van der Waals surface area contributed by atoms with Crippen molar-refractivity contribution in [2.45, 2.75) is 12.4 Å². The lowest BCUT2D eigenvalue weighted by Crippen LogP contribution is -2.11. The van der Waals surface area contributed by atoms with Gasteiger partial charge in [-0.1, -0.05) is 0 Å². The first kappa shape index (κ1) is 19.7. The van der Waals surface area contributed by atoms with Crippen LogP contribution in [0.1, 0.15) is 11.1 Å². The summed E-state index contributed by atoms with van der Waals surface area (Å²) in [6, 6.07) is 4.35. The molecule has 2 rings (SSSR count). The zero-order valence-corrected chi connectivity index (χ0v) is 15.0. The van der Waals surface area contributed by atoms with Crippen LogP contribution in [0, 0.1) is 3.57 Å². The monoisotopic (exact) mass is 476 g/mol. The fraction of sp³-hybridized carbons (Fsp3) is 0.250. The van der Waals surface area contributed by atoms with Gasteiger partial charge in [0.25, 0.3) is 0 Å². The number of alkyl halides is 6. The summed E-state index contributed by atoms with van der Waals surface area (Å²) >= 11 is 1.79. The molecule has 9 heteroatoms. The molecule has 0 aliphatic rings. The maximum atomic E-state index is 13.1. The van der Waals surface area contributed by atoms with Gasteiger partial charge in [-0.15, -0.1) is 0 Å². The van der Waals surface area contributed by atoms with Crippen LogP contribution in [0.5, 0.6) is 11.5 Å². The molecule has 2 aromatic carbocycles. The van der Waals surface area contributed by atoms with E-state index < -0.39 is 23.5 Å². The minimum Gasteiger partial charge on any atom is -0.496 e. The molecule has 0 saturated heterocycles. The largest absolute Gasteiger partial charge is 0.496 e. The van der Waals surface area contributed by atoms with Gasteiger partial charge >= 0.3 is 12.4 Å². The second-order valence-corrected chi connectivity index (χ2v) is 6.03. The first-order valence-corrected chi connectivity index (χ1v) is 7.77. The van der Waals surface area contributed by atoms with Crippen molar-refractivity contribution in [1.29, 1.82) is 0 Å². The van der Waals surface area contributed by atoms with E-state index in [1.54, 1.807) is 22.6 Å². The molecule has 0 saturated carbocycles. The molecule has 2 nitrogen and oxygen atoms in total. The molecular formula is C16H11F6IO2. The fourth-order valence-electron chi connectivity index (χ4n) is 2.24. The molecule has 0 N–H and O–H groups in total. The van der Waals surface area contributed by atoms with Gasteiger partial charge in [-0.3, -0.25) is 0 Å². The number of ether oxygens (including phenoxy) is 2. The van der Waals surface area contributed by atoms with Crippen molar-refractivity contribution < 1.29 is 35.8 Å². The molecule has 0 atom stereocenters. The van der Waals surface area contributed by atoms with Crippen LogP contribution in [0.2, 0.25) is 0 Å². The molecule has 0 spiro atoms. The molecule has 0 unspecified atom stereocenters. The third-order valence-electron chi connectivity index (χ3n) is 3.38. The van der Waals surface area contributed by atoms with E-state index in [2.05, 4.69) is 0 Å². The summed E-state index contributed by atoms with van der Waals surface area (Å²) in [4.78, 5) is 0. The van der Waals surface area contributed by atoms with Gasteiger partial charge in [-0.25, -0.2) is 0 Å². The zero-order valence-electron chi connectivity index (χ0n) is 12.8. The lowest BCUT2D eigenvalue weighted by molar-refractivity contribution is -0.143. The third kappa shape index (κ3) is 4.13. The second-order valence-electron chi connectivity index (χ2n) is 4.95. The Morgan fingerprint density at radius 3 is 1.60 bits per heavy atom. The lowest BCUT2D eigenvalue weighted by Gasteiger charge is -2.18. The first-order valence-electron chi connectivity index (χ1n) is 6.69. The molecule has 0 fully saturated rings. The fourth-order valence-corrected chi connectivity index (χ4v) is 3.21. The Bertz CT molecular complexity index is 751. The summed E-state index contributed by atoms with van der Waals surface area (Å²) < 4.78 is 88.9. The smallest absolute Gasteiger partial charge is 0.416 e. The summed E-state index contributed by atoms with van der Waals surface area (Å²) in [6.45, 7) is 0. The normalized spacial score (nSPS) is 12.2. The molecule has 0 aliphatic heterocycles. The Balaban J connectivity index is 2.83. The van der Waals surface area contributed by atoms with Gasteiger partial charge in [0.15, 0.2) is 0 Å². The van der Waals surface area contributed by atoms with Crippen molar-refractivity contribution in [3.8, 4) is 22.6 Å². The molecule has 2 aromatic rings. The van der Waals surface area contributed by atoms with Crippen molar-refractivity contribution in [3.05, 3.63) is 45.0 Å². The molecule has 0 heterocycles. The van der Waals surface area contributed by atoms with Crippen molar-refractivity contribution >= 4 is 22.6 Å². The average molecular weight is 476 g/mol. The van der Waals surface area contributed by atoms with E-state index in [0.717, 1.165) is 0 Å². The van der Waals surface area contributed by atoms with Crippen LogP contribution in [0.4, 0.5) is 26.3 Å². The minimum absolute atomic E-state index is 0.0863. The number of rotatable bonds is 3. The summed E-state index contributed by atoms with van der Waals surface area (Å²) in [7, 11) is 2.63. The van der Waals surface area contributed by atoms with Gasteiger partial charge in [0.2, 0.25) is 0 Å². The van der Waals surface area contributed by atoms with Crippen molar-refractivity contribution in [2.75, 3.05) is 14.2 Å². The van der Waals surface area contributed by atoms with Gasteiger partial charge < -0.3 is 9.47 Å². The van der Waals surface area contributed by atoms with Crippen LogP contribution in [0.25, 0.3) is 11.1 Å². The Morgan fingerprint density at radius 1 is 0.760 bits per heavy atom. The van der Waals surface area contributed by atoms with Crippen LogP contribution in [0.15, 0.2) is 30.3 Å². The predicted molar refractivity (Wildman–Crippen MR) is 87.7 cm³/mol. The van der Waals surface area contributed by atoms with Gasteiger partial charge in [0, 0.05) is 5.56 Å². The topological polar surface area (TPSA) is 18.5 Å². The van der Waals surface area contributed by atoms with E-state index in [4.69, 9.17) is 9.47 Å². The average Bonchev–Trinajstić information content (AvgIpc) is 2.52. The number of benzene rings is 2.